The number of carbonyl (C=O) groups excluding carboxylic acids is 1. The molecule has 1 aromatic carbocycles. The van der Waals surface area contributed by atoms with Crippen LogP contribution in [0.2, 0.25) is 0 Å². The van der Waals surface area contributed by atoms with Crippen LogP contribution < -0.4 is 15.4 Å². The lowest BCUT2D eigenvalue weighted by atomic mass is 10.2. The number of hydrogen-bond donors (Lipinski definition) is 2. The van der Waals surface area contributed by atoms with E-state index in [1.165, 1.54) is 0 Å². The van der Waals surface area contributed by atoms with Crippen LogP contribution in [-0.2, 0) is 6.18 Å². The number of benzene rings is 1. The molecule has 2 aromatic rings. The first-order chi connectivity index (χ1) is 11.9. The first-order valence-corrected chi connectivity index (χ1v) is 7.64. The molecule has 0 radical (unpaired) electrons. The van der Waals surface area contributed by atoms with Crippen LogP contribution >= 0.6 is 0 Å². The Hall–Kier alpha value is -2.61. The van der Waals surface area contributed by atoms with Crippen molar-refractivity contribution in [3.8, 4) is 11.6 Å². The molecule has 0 bridgehead atoms. The summed E-state index contributed by atoms with van der Waals surface area (Å²) in [6.07, 6.45) is -2.90. The third kappa shape index (κ3) is 5.75. The van der Waals surface area contributed by atoms with E-state index in [1.54, 1.807) is 24.3 Å². The van der Waals surface area contributed by atoms with Gasteiger partial charge in [-0.2, -0.15) is 13.2 Å². The predicted octanol–water partition coefficient (Wildman–Crippen LogP) is 3.23. The normalized spacial score (nSPS) is 11.2. The van der Waals surface area contributed by atoms with Crippen molar-refractivity contribution in [3.05, 3.63) is 53.7 Å². The van der Waals surface area contributed by atoms with E-state index in [2.05, 4.69) is 15.6 Å². The zero-order valence-electron chi connectivity index (χ0n) is 13.6. The Kier molecular flexibility index (Phi) is 6.35. The van der Waals surface area contributed by atoms with Gasteiger partial charge in [0.25, 0.3) is 5.91 Å². The third-order valence-corrected chi connectivity index (χ3v) is 3.29. The molecule has 134 valence electrons. The van der Waals surface area contributed by atoms with Gasteiger partial charge in [-0.1, -0.05) is 0 Å². The Morgan fingerprint density at radius 2 is 1.84 bits per heavy atom. The summed E-state index contributed by atoms with van der Waals surface area (Å²) >= 11 is 0. The van der Waals surface area contributed by atoms with Crippen molar-refractivity contribution in [1.29, 1.82) is 0 Å². The van der Waals surface area contributed by atoms with Gasteiger partial charge in [-0.25, -0.2) is 4.98 Å². The Balaban J connectivity index is 1.92. The maximum Gasteiger partial charge on any atom is 0.417 e. The second kappa shape index (κ2) is 8.48. The second-order valence-electron chi connectivity index (χ2n) is 5.22. The van der Waals surface area contributed by atoms with Crippen molar-refractivity contribution in [1.82, 2.24) is 15.6 Å². The smallest absolute Gasteiger partial charge is 0.417 e. The van der Waals surface area contributed by atoms with E-state index in [1.807, 2.05) is 7.05 Å². The average Bonchev–Trinajstić information content (AvgIpc) is 2.59. The van der Waals surface area contributed by atoms with Gasteiger partial charge in [0.15, 0.2) is 0 Å². The van der Waals surface area contributed by atoms with Gasteiger partial charge >= 0.3 is 6.18 Å². The number of pyridine rings is 1. The van der Waals surface area contributed by atoms with E-state index >= 15 is 0 Å². The number of amides is 1. The standard InChI is InChI=1S/C17H18F3N3O2/c1-21-9-2-10-22-16(24)12-3-6-14(7-4-12)25-15-8-5-13(11-23-15)17(18,19)20/h3-8,11,21H,2,9-10H2,1H3,(H,22,24). The fourth-order valence-electron chi connectivity index (χ4n) is 1.97. The average molecular weight is 353 g/mol. The van der Waals surface area contributed by atoms with Crippen LogP contribution in [0.15, 0.2) is 42.6 Å². The number of nitrogens with zero attached hydrogens (tertiary/aromatic N) is 1. The van der Waals surface area contributed by atoms with E-state index in [0.29, 0.717) is 24.1 Å². The highest BCUT2D eigenvalue weighted by atomic mass is 19.4. The van der Waals surface area contributed by atoms with E-state index < -0.39 is 11.7 Å². The second-order valence-corrected chi connectivity index (χ2v) is 5.22. The van der Waals surface area contributed by atoms with E-state index in [-0.39, 0.29) is 11.8 Å². The highest BCUT2D eigenvalue weighted by Crippen LogP contribution is 2.30. The van der Waals surface area contributed by atoms with Crippen LogP contribution in [-0.4, -0.2) is 31.0 Å². The van der Waals surface area contributed by atoms with Gasteiger partial charge in [0, 0.05) is 24.4 Å². The maximum atomic E-state index is 12.5. The molecule has 0 aliphatic rings. The van der Waals surface area contributed by atoms with E-state index in [0.717, 1.165) is 25.1 Å². The molecular formula is C17H18F3N3O2. The molecule has 1 heterocycles. The number of aromatic nitrogens is 1. The summed E-state index contributed by atoms with van der Waals surface area (Å²) in [7, 11) is 1.84. The molecule has 25 heavy (non-hydrogen) atoms. The van der Waals surface area contributed by atoms with Crippen LogP contribution in [0, 0.1) is 0 Å². The van der Waals surface area contributed by atoms with Crippen molar-refractivity contribution < 1.29 is 22.7 Å². The number of hydrogen-bond acceptors (Lipinski definition) is 4. The number of ether oxygens (including phenoxy) is 1. The van der Waals surface area contributed by atoms with Crippen molar-refractivity contribution in [2.45, 2.75) is 12.6 Å². The van der Waals surface area contributed by atoms with Crippen LogP contribution in [0.5, 0.6) is 11.6 Å². The number of nitrogens with one attached hydrogen (secondary N) is 2. The summed E-state index contributed by atoms with van der Waals surface area (Å²) < 4.78 is 42.8. The number of carbonyl (C=O) groups is 1. The maximum absolute atomic E-state index is 12.5. The number of rotatable bonds is 7. The first kappa shape index (κ1) is 18.7. The van der Waals surface area contributed by atoms with Crippen molar-refractivity contribution in [3.63, 3.8) is 0 Å². The molecule has 8 heteroatoms. The first-order valence-electron chi connectivity index (χ1n) is 7.64. The molecule has 1 amide bonds. The molecule has 0 aliphatic heterocycles. The van der Waals surface area contributed by atoms with E-state index in [9.17, 15) is 18.0 Å². The highest BCUT2D eigenvalue weighted by Gasteiger charge is 2.30. The minimum atomic E-state index is -4.44. The van der Waals surface area contributed by atoms with Gasteiger partial charge in [-0.3, -0.25) is 4.79 Å². The molecule has 2 N–H and O–H groups in total. The molecular weight excluding hydrogens is 335 g/mol. The van der Waals surface area contributed by atoms with Gasteiger partial charge in [0.2, 0.25) is 5.88 Å². The quantitative estimate of drug-likeness (QED) is 0.750. The number of halogens is 3. The van der Waals surface area contributed by atoms with E-state index in [4.69, 9.17) is 4.74 Å². The summed E-state index contributed by atoms with van der Waals surface area (Å²) in [6.45, 7) is 1.38. The molecule has 2 rings (SSSR count). The summed E-state index contributed by atoms with van der Waals surface area (Å²) in [5, 5.41) is 5.77. The fraction of sp³-hybridized carbons (Fsp3) is 0.294. The molecule has 0 aliphatic carbocycles. The predicted molar refractivity (Wildman–Crippen MR) is 86.6 cm³/mol. The lowest BCUT2D eigenvalue weighted by molar-refractivity contribution is -0.137. The third-order valence-electron chi connectivity index (χ3n) is 3.29. The lowest BCUT2D eigenvalue weighted by Gasteiger charge is -2.09. The molecule has 5 nitrogen and oxygen atoms in total. The zero-order valence-corrected chi connectivity index (χ0v) is 13.6. The van der Waals surface area contributed by atoms with Crippen LogP contribution in [0.3, 0.4) is 0 Å². The molecule has 0 fully saturated rings. The molecule has 1 aromatic heterocycles. The van der Waals surface area contributed by atoms with Crippen molar-refractivity contribution >= 4 is 5.91 Å². The lowest BCUT2D eigenvalue weighted by Crippen LogP contribution is -2.26. The van der Waals surface area contributed by atoms with Gasteiger partial charge in [-0.15, -0.1) is 0 Å². The van der Waals surface area contributed by atoms with Crippen molar-refractivity contribution in [2.75, 3.05) is 20.1 Å². The fourth-order valence-corrected chi connectivity index (χ4v) is 1.97. The molecule has 0 atom stereocenters. The Bertz CT molecular complexity index is 686. The van der Waals surface area contributed by atoms with Gasteiger partial charge in [-0.05, 0) is 50.3 Å². The minimum Gasteiger partial charge on any atom is -0.439 e. The summed E-state index contributed by atoms with van der Waals surface area (Å²) in [5.41, 5.74) is -0.373. The molecule has 0 saturated carbocycles. The Labute approximate surface area is 143 Å². The Morgan fingerprint density at radius 3 is 2.40 bits per heavy atom. The van der Waals surface area contributed by atoms with Crippen LogP contribution in [0.25, 0.3) is 0 Å². The van der Waals surface area contributed by atoms with Crippen LogP contribution in [0.1, 0.15) is 22.3 Å². The van der Waals surface area contributed by atoms with Crippen LogP contribution in [0.4, 0.5) is 13.2 Å². The minimum absolute atomic E-state index is 0.0391. The summed E-state index contributed by atoms with van der Waals surface area (Å²) in [5.74, 6) is 0.214. The summed E-state index contributed by atoms with van der Waals surface area (Å²) in [6, 6.07) is 8.31. The highest BCUT2D eigenvalue weighted by molar-refractivity contribution is 5.94. The topological polar surface area (TPSA) is 63.2 Å². The monoisotopic (exact) mass is 353 g/mol. The zero-order chi connectivity index (χ0) is 18.3. The van der Waals surface area contributed by atoms with Gasteiger partial charge in [0.1, 0.15) is 5.75 Å². The largest absolute Gasteiger partial charge is 0.439 e. The van der Waals surface area contributed by atoms with Gasteiger partial charge < -0.3 is 15.4 Å². The molecule has 0 spiro atoms. The SMILES string of the molecule is CNCCCNC(=O)c1ccc(Oc2ccc(C(F)(F)F)cn2)cc1. The number of alkyl halides is 3. The molecule has 0 unspecified atom stereocenters. The molecule has 0 saturated heterocycles. The Morgan fingerprint density at radius 1 is 1.12 bits per heavy atom. The van der Waals surface area contributed by atoms with Crippen molar-refractivity contribution in [2.24, 2.45) is 0 Å². The summed E-state index contributed by atoms with van der Waals surface area (Å²) in [4.78, 5) is 15.5. The van der Waals surface area contributed by atoms with Gasteiger partial charge in [0.05, 0.1) is 5.56 Å².